The summed E-state index contributed by atoms with van der Waals surface area (Å²) in [5.74, 6) is 0.342. The molecule has 2 aliphatic heterocycles. The Morgan fingerprint density at radius 1 is 1.21 bits per heavy atom. The minimum absolute atomic E-state index is 0.222. The van der Waals surface area contributed by atoms with Crippen LogP contribution in [0.3, 0.4) is 0 Å². The van der Waals surface area contributed by atoms with Crippen LogP contribution in [-0.4, -0.2) is 57.9 Å². The van der Waals surface area contributed by atoms with E-state index >= 15 is 0 Å². The Hall–Kier alpha value is -2.15. The van der Waals surface area contributed by atoms with Gasteiger partial charge in [0.05, 0.1) is 0 Å². The normalized spacial score (nSPS) is 23.2. The molecule has 0 radical (unpaired) electrons. The molecule has 2 atom stereocenters. The van der Waals surface area contributed by atoms with Crippen molar-refractivity contribution < 1.29 is 9.59 Å². The van der Waals surface area contributed by atoms with Crippen LogP contribution in [0.25, 0.3) is 0 Å². The van der Waals surface area contributed by atoms with E-state index in [2.05, 4.69) is 15.3 Å². The Bertz CT molecular complexity index is 676. The first-order valence-electron chi connectivity index (χ1n) is 8.15. The lowest BCUT2D eigenvalue weighted by molar-refractivity contribution is -0.134. The number of urea groups is 1. The number of carbonyl (C=O) groups excluding carboxylic acids is 2. The SMILES string of the molecule is CCCN1C(=O)C2NC(c3ccc(Cl)nc3)=NC2N(CCC)C1=O. The highest BCUT2D eigenvalue weighted by molar-refractivity contribution is 6.29. The third kappa shape index (κ3) is 2.84. The Morgan fingerprint density at radius 2 is 1.96 bits per heavy atom. The molecule has 7 nitrogen and oxygen atoms in total. The Balaban J connectivity index is 1.92. The predicted molar refractivity (Wildman–Crippen MR) is 90.9 cm³/mol. The number of amidine groups is 1. The molecule has 24 heavy (non-hydrogen) atoms. The van der Waals surface area contributed by atoms with E-state index in [1.54, 1.807) is 23.2 Å². The van der Waals surface area contributed by atoms with Gasteiger partial charge in [0.2, 0.25) is 0 Å². The maximum absolute atomic E-state index is 12.7. The van der Waals surface area contributed by atoms with Crippen molar-refractivity contribution >= 4 is 29.4 Å². The van der Waals surface area contributed by atoms with Gasteiger partial charge in [-0.15, -0.1) is 0 Å². The highest BCUT2D eigenvalue weighted by Gasteiger charge is 2.49. The van der Waals surface area contributed by atoms with Crippen molar-refractivity contribution in [1.82, 2.24) is 20.1 Å². The zero-order valence-electron chi connectivity index (χ0n) is 13.7. The first-order valence-corrected chi connectivity index (χ1v) is 8.52. The standard InChI is InChI=1S/C16H20ClN5O2/c1-3-7-21-14-12(15(23)22(8-4-2)16(21)24)19-13(20-14)10-5-6-11(17)18-9-10/h5-6,9,12,14H,3-4,7-8H2,1-2H3,(H,19,20). The second kappa shape index (κ2) is 6.76. The second-order valence-electron chi connectivity index (χ2n) is 5.85. The number of halogens is 1. The number of pyridine rings is 1. The van der Waals surface area contributed by atoms with E-state index in [-0.39, 0.29) is 11.9 Å². The molecule has 1 saturated heterocycles. The van der Waals surface area contributed by atoms with Crippen LogP contribution in [0.4, 0.5) is 4.79 Å². The van der Waals surface area contributed by atoms with Crippen LogP contribution in [0.2, 0.25) is 5.15 Å². The fourth-order valence-electron chi connectivity index (χ4n) is 3.01. The Labute approximate surface area is 145 Å². The van der Waals surface area contributed by atoms with Gasteiger partial charge in [0.1, 0.15) is 17.0 Å². The van der Waals surface area contributed by atoms with Gasteiger partial charge in [-0.05, 0) is 25.0 Å². The van der Waals surface area contributed by atoms with Gasteiger partial charge in [0.15, 0.2) is 6.17 Å². The average molecular weight is 350 g/mol. The Morgan fingerprint density at radius 3 is 2.58 bits per heavy atom. The summed E-state index contributed by atoms with van der Waals surface area (Å²) in [6.07, 6.45) is 2.62. The molecule has 2 unspecified atom stereocenters. The van der Waals surface area contributed by atoms with E-state index in [1.807, 2.05) is 13.8 Å². The average Bonchev–Trinajstić information content (AvgIpc) is 3.01. The van der Waals surface area contributed by atoms with Crippen LogP contribution in [-0.2, 0) is 4.79 Å². The number of aliphatic imine (C=N–C) groups is 1. The summed E-state index contributed by atoms with van der Waals surface area (Å²) in [5, 5.41) is 3.55. The van der Waals surface area contributed by atoms with Crippen molar-refractivity contribution in [2.75, 3.05) is 13.1 Å². The second-order valence-corrected chi connectivity index (χ2v) is 6.24. The fraction of sp³-hybridized carbons (Fsp3) is 0.500. The van der Waals surface area contributed by atoms with E-state index in [9.17, 15) is 9.59 Å². The zero-order chi connectivity index (χ0) is 17.3. The first-order chi connectivity index (χ1) is 11.6. The highest BCUT2D eigenvalue weighted by Crippen LogP contribution is 2.25. The molecule has 1 aromatic heterocycles. The number of amides is 3. The van der Waals surface area contributed by atoms with Gasteiger partial charge in [-0.3, -0.25) is 14.6 Å². The smallest absolute Gasteiger partial charge is 0.328 e. The van der Waals surface area contributed by atoms with Crippen molar-refractivity contribution in [3.63, 3.8) is 0 Å². The topological polar surface area (TPSA) is 77.9 Å². The van der Waals surface area contributed by atoms with Crippen LogP contribution in [0.5, 0.6) is 0 Å². The molecule has 3 heterocycles. The summed E-state index contributed by atoms with van der Waals surface area (Å²) in [6, 6.07) is 2.65. The van der Waals surface area contributed by atoms with Crippen LogP contribution >= 0.6 is 11.6 Å². The maximum atomic E-state index is 12.7. The molecule has 0 aromatic carbocycles. The van der Waals surface area contributed by atoms with Gasteiger partial charge in [0.25, 0.3) is 5.91 Å². The van der Waals surface area contributed by atoms with Gasteiger partial charge in [-0.1, -0.05) is 25.4 Å². The van der Waals surface area contributed by atoms with E-state index in [0.29, 0.717) is 24.1 Å². The van der Waals surface area contributed by atoms with E-state index in [0.717, 1.165) is 18.4 Å². The molecule has 0 spiro atoms. The number of hydrogen-bond donors (Lipinski definition) is 1. The fourth-order valence-corrected chi connectivity index (χ4v) is 3.12. The predicted octanol–water partition coefficient (Wildman–Crippen LogP) is 1.86. The van der Waals surface area contributed by atoms with E-state index in [1.165, 1.54) is 4.90 Å². The minimum Gasteiger partial charge on any atom is -0.355 e. The number of nitrogens with one attached hydrogen (secondary N) is 1. The van der Waals surface area contributed by atoms with Gasteiger partial charge in [-0.25, -0.2) is 14.8 Å². The molecule has 1 fully saturated rings. The number of aromatic nitrogens is 1. The molecule has 1 N–H and O–H groups in total. The van der Waals surface area contributed by atoms with Gasteiger partial charge in [-0.2, -0.15) is 0 Å². The van der Waals surface area contributed by atoms with Gasteiger partial charge in [0, 0.05) is 24.8 Å². The number of hydrogen-bond acceptors (Lipinski definition) is 5. The molecule has 3 rings (SSSR count). The number of rotatable bonds is 5. The molecule has 8 heteroatoms. The summed E-state index contributed by atoms with van der Waals surface area (Å²) in [6.45, 7) is 4.92. The minimum atomic E-state index is -0.550. The van der Waals surface area contributed by atoms with E-state index < -0.39 is 12.2 Å². The first kappa shape index (κ1) is 16.7. The third-order valence-corrected chi connectivity index (χ3v) is 4.32. The molecule has 0 saturated carbocycles. The maximum Gasteiger partial charge on any atom is 0.328 e. The van der Waals surface area contributed by atoms with Crippen molar-refractivity contribution in [3.8, 4) is 0 Å². The van der Waals surface area contributed by atoms with Crippen LogP contribution in [0.1, 0.15) is 32.3 Å². The lowest BCUT2D eigenvalue weighted by Crippen LogP contribution is -2.65. The largest absolute Gasteiger partial charge is 0.355 e. The monoisotopic (exact) mass is 349 g/mol. The molecule has 0 bridgehead atoms. The summed E-state index contributed by atoms with van der Waals surface area (Å²) >= 11 is 5.82. The van der Waals surface area contributed by atoms with Crippen molar-refractivity contribution in [3.05, 3.63) is 29.0 Å². The van der Waals surface area contributed by atoms with Gasteiger partial charge < -0.3 is 5.32 Å². The third-order valence-electron chi connectivity index (χ3n) is 4.09. The summed E-state index contributed by atoms with van der Waals surface area (Å²) in [5.41, 5.74) is 0.743. The molecular formula is C16H20ClN5O2. The lowest BCUT2D eigenvalue weighted by Gasteiger charge is -2.40. The molecule has 0 aliphatic carbocycles. The lowest BCUT2D eigenvalue weighted by atomic mass is 10.1. The number of fused-ring (bicyclic) bond motifs is 1. The number of imide groups is 1. The van der Waals surface area contributed by atoms with Crippen molar-refractivity contribution in [2.24, 2.45) is 4.99 Å². The molecule has 3 amide bonds. The van der Waals surface area contributed by atoms with Crippen molar-refractivity contribution in [1.29, 1.82) is 0 Å². The number of nitrogens with zero attached hydrogens (tertiary/aromatic N) is 4. The quantitative estimate of drug-likeness (QED) is 0.823. The Kier molecular flexibility index (Phi) is 4.71. The van der Waals surface area contributed by atoms with E-state index in [4.69, 9.17) is 11.6 Å². The van der Waals surface area contributed by atoms with Gasteiger partial charge >= 0.3 is 6.03 Å². The van der Waals surface area contributed by atoms with Crippen LogP contribution in [0.15, 0.2) is 23.3 Å². The number of carbonyl (C=O) groups is 2. The van der Waals surface area contributed by atoms with Crippen LogP contribution < -0.4 is 5.32 Å². The molecule has 2 aliphatic rings. The summed E-state index contributed by atoms with van der Waals surface area (Å²) in [4.78, 5) is 37.0. The highest BCUT2D eigenvalue weighted by atomic mass is 35.5. The summed E-state index contributed by atoms with van der Waals surface area (Å²) < 4.78 is 0. The van der Waals surface area contributed by atoms with Crippen LogP contribution in [0, 0.1) is 0 Å². The van der Waals surface area contributed by atoms with Crippen molar-refractivity contribution in [2.45, 2.75) is 38.9 Å². The zero-order valence-corrected chi connectivity index (χ0v) is 14.5. The molecule has 128 valence electrons. The molecular weight excluding hydrogens is 330 g/mol. The summed E-state index contributed by atoms with van der Waals surface area (Å²) in [7, 11) is 0. The molecule has 1 aromatic rings.